The number of fused-ring (bicyclic) bond motifs is 3. The Morgan fingerprint density at radius 3 is 2.30 bits per heavy atom. The van der Waals surface area contributed by atoms with Gasteiger partial charge in [0.25, 0.3) is 0 Å². The topological polar surface area (TPSA) is 75.5 Å². The molecule has 0 saturated carbocycles. The second-order valence-electron chi connectivity index (χ2n) is 7.92. The maximum atomic E-state index is 12.7. The number of nitrogens with zero attached hydrogens (tertiary/aromatic N) is 3. The summed E-state index contributed by atoms with van der Waals surface area (Å²) < 4.78 is 16.4. The molecular formula is C22H29N3O5. The molecule has 0 unspecified atom stereocenters. The lowest BCUT2D eigenvalue weighted by Gasteiger charge is -2.36. The number of piperazine rings is 1. The van der Waals surface area contributed by atoms with Gasteiger partial charge >= 0.3 is 5.63 Å². The van der Waals surface area contributed by atoms with Crippen LogP contribution in [-0.4, -0.2) is 80.6 Å². The minimum atomic E-state index is -0.274. The number of hydrogen-bond donors (Lipinski definition) is 0. The van der Waals surface area contributed by atoms with Crippen molar-refractivity contribution in [2.24, 2.45) is 0 Å². The zero-order chi connectivity index (χ0) is 21.3. The molecule has 0 N–H and O–H groups in total. The van der Waals surface area contributed by atoms with Crippen molar-refractivity contribution in [1.82, 2.24) is 14.7 Å². The van der Waals surface area contributed by atoms with E-state index in [0.717, 1.165) is 68.7 Å². The van der Waals surface area contributed by atoms with Gasteiger partial charge in [0.05, 0.1) is 19.8 Å². The number of ether oxygens (including phenoxy) is 2. The second-order valence-corrected chi connectivity index (χ2v) is 7.92. The van der Waals surface area contributed by atoms with E-state index >= 15 is 0 Å². The number of carbonyl (C=O) groups is 1. The molecule has 8 nitrogen and oxygen atoms in total. The van der Waals surface area contributed by atoms with E-state index in [9.17, 15) is 9.59 Å². The summed E-state index contributed by atoms with van der Waals surface area (Å²) in [6.45, 7) is 8.33. The molecule has 8 heteroatoms. The van der Waals surface area contributed by atoms with Gasteiger partial charge in [-0.1, -0.05) is 0 Å². The molecule has 3 heterocycles. The van der Waals surface area contributed by atoms with Crippen LogP contribution in [0.4, 0.5) is 0 Å². The summed E-state index contributed by atoms with van der Waals surface area (Å²) in [4.78, 5) is 30.7. The van der Waals surface area contributed by atoms with E-state index in [1.165, 1.54) is 0 Å². The number of amides is 1. The molecule has 1 fully saturated rings. The second kappa shape index (κ2) is 8.65. The molecule has 0 spiro atoms. The molecular weight excluding hydrogens is 386 g/mol. The number of rotatable bonds is 5. The van der Waals surface area contributed by atoms with Gasteiger partial charge in [0.15, 0.2) is 11.5 Å². The SMILES string of the molecule is COc1cc2oc(=O)c3c(c2cc1OC)CCN(CCN1CCN(C(C)=O)CC1)C3. The van der Waals surface area contributed by atoms with Crippen LogP contribution in [0.15, 0.2) is 21.3 Å². The Kier molecular flexibility index (Phi) is 5.97. The Bertz CT molecular complexity index is 994. The molecule has 4 rings (SSSR count). The summed E-state index contributed by atoms with van der Waals surface area (Å²) in [6, 6.07) is 3.63. The van der Waals surface area contributed by atoms with Crippen molar-refractivity contribution in [3.8, 4) is 11.5 Å². The zero-order valence-electron chi connectivity index (χ0n) is 17.9. The first-order valence-corrected chi connectivity index (χ1v) is 10.4. The summed E-state index contributed by atoms with van der Waals surface area (Å²) in [5, 5.41) is 0.919. The van der Waals surface area contributed by atoms with E-state index in [1.807, 2.05) is 11.0 Å². The average Bonchev–Trinajstić information content (AvgIpc) is 2.77. The Morgan fingerprint density at radius 1 is 0.967 bits per heavy atom. The quantitative estimate of drug-likeness (QED) is 0.682. The van der Waals surface area contributed by atoms with Gasteiger partial charge in [-0.15, -0.1) is 0 Å². The molecule has 1 saturated heterocycles. The van der Waals surface area contributed by atoms with Gasteiger partial charge in [0.1, 0.15) is 5.58 Å². The molecule has 1 aromatic carbocycles. The molecule has 2 aliphatic rings. The van der Waals surface area contributed by atoms with Crippen LogP contribution >= 0.6 is 0 Å². The normalized spacial score (nSPS) is 17.8. The molecule has 0 aliphatic carbocycles. The van der Waals surface area contributed by atoms with Gasteiger partial charge < -0.3 is 18.8 Å². The molecule has 1 aromatic heterocycles. The van der Waals surface area contributed by atoms with Gasteiger partial charge in [-0.3, -0.25) is 14.6 Å². The molecule has 162 valence electrons. The predicted molar refractivity (Wildman–Crippen MR) is 113 cm³/mol. The lowest BCUT2D eigenvalue weighted by atomic mass is 9.97. The fraction of sp³-hybridized carbons (Fsp3) is 0.545. The minimum absolute atomic E-state index is 0.149. The van der Waals surface area contributed by atoms with Crippen molar-refractivity contribution < 1.29 is 18.7 Å². The highest BCUT2D eigenvalue weighted by Crippen LogP contribution is 2.35. The smallest absolute Gasteiger partial charge is 0.341 e. The highest BCUT2D eigenvalue weighted by molar-refractivity contribution is 5.85. The van der Waals surface area contributed by atoms with Crippen molar-refractivity contribution >= 4 is 16.9 Å². The van der Waals surface area contributed by atoms with Crippen LogP contribution in [0.1, 0.15) is 18.1 Å². The minimum Gasteiger partial charge on any atom is -0.493 e. The highest BCUT2D eigenvalue weighted by atomic mass is 16.5. The number of hydrogen-bond acceptors (Lipinski definition) is 7. The average molecular weight is 415 g/mol. The lowest BCUT2D eigenvalue weighted by molar-refractivity contribution is -0.130. The maximum absolute atomic E-state index is 12.7. The van der Waals surface area contributed by atoms with Crippen LogP contribution < -0.4 is 15.1 Å². The lowest BCUT2D eigenvalue weighted by Crippen LogP contribution is -2.50. The molecule has 0 radical (unpaired) electrons. The molecule has 2 aliphatic heterocycles. The summed E-state index contributed by atoms with van der Waals surface area (Å²) in [5.74, 6) is 1.33. The number of carbonyl (C=O) groups excluding carboxylic acids is 1. The van der Waals surface area contributed by atoms with E-state index in [0.29, 0.717) is 23.6 Å². The van der Waals surface area contributed by atoms with Gasteiger partial charge in [-0.25, -0.2) is 4.79 Å². The first-order chi connectivity index (χ1) is 14.5. The standard InChI is InChI=1S/C22H29N3O5/c1-15(26)25-10-8-23(9-11-25)6-7-24-5-4-16-17-12-20(28-2)21(29-3)13-19(17)30-22(27)18(16)14-24/h12-13H,4-11,14H2,1-3H3. The van der Waals surface area contributed by atoms with Crippen LogP contribution in [0.3, 0.4) is 0 Å². The Morgan fingerprint density at radius 2 is 1.63 bits per heavy atom. The molecule has 1 amide bonds. The highest BCUT2D eigenvalue weighted by Gasteiger charge is 2.25. The van der Waals surface area contributed by atoms with Crippen LogP contribution in [0, 0.1) is 0 Å². The van der Waals surface area contributed by atoms with Crippen molar-refractivity contribution in [2.45, 2.75) is 19.9 Å². The third-order valence-electron chi connectivity index (χ3n) is 6.23. The molecule has 30 heavy (non-hydrogen) atoms. The third kappa shape index (κ3) is 4.02. The molecule has 0 bridgehead atoms. The van der Waals surface area contributed by atoms with Crippen molar-refractivity contribution in [1.29, 1.82) is 0 Å². The van der Waals surface area contributed by atoms with Crippen molar-refractivity contribution in [3.05, 3.63) is 33.7 Å². The Balaban J connectivity index is 1.47. The van der Waals surface area contributed by atoms with Crippen LogP contribution in [0.2, 0.25) is 0 Å². The van der Waals surface area contributed by atoms with E-state index in [1.54, 1.807) is 27.2 Å². The van der Waals surface area contributed by atoms with Crippen LogP contribution in [0.25, 0.3) is 11.0 Å². The van der Waals surface area contributed by atoms with Gasteiger partial charge in [0, 0.05) is 70.7 Å². The third-order valence-corrected chi connectivity index (χ3v) is 6.23. The van der Waals surface area contributed by atoms with E-state index in [4.69, 9.17) is 13.9 Å². The summed E-state index contributed by atoms with van der Waals surface area (Å²) in [7, 11) is 3.17. The van der Waals surface area contributed by atoms with E-state index in [2.05, 4.69) is 9.80 Å². The predicted octanol–water partition coefficient (Wildman–Crippen LogP) is 1.33. The molecule has 0 atom stereocenters. The fourth-order valence-electron chi connectivity index (χ4n) is 4.41. The monoisotopic (exact) mass is 415 g/mol. The van der Waals surface area contributed by atoms with E-state index in [-0.39, 0.29) is 11.5 Å². The summed E-state index contributed by atoms with van der Waals surface area (Å²) in [5.41, 5.74) is 2.05. The Labute approximate surface area is 175 Å². The number of methoxy groups -OCH3 is 2. The summed E-state index contributed by atoms with van der Waals surface area (Å²) in [6.07, 6.45) is 0.797. The fourth-order valence-corrected chi connectivity index (χ4v) is 4.41. The zero-order valence-corrected chi connectivity index (χ0v) is 17.9. The van der Waals surface area contributed by atoms with E-state index < -0.39 is 0 Å². The van der Waals surface area contributed by atoms with Crippen molar-refractivity contribution in [2.75, 3.05) is 60.0 Å². The maximum Gasteiger partial charge on any atom is 0.341 e. The van der Waals surface area contributed by atoms with Gasteiger partial charge in [-0.05, 0) is 18.1 Å². The molecule has 2 aromatic rings. The van der Waals surface area contributed by atoms with Crippen LogP contribution in [-0.2, 0) is 17.8 Å². The van der Waals surface area contributed by atoms with Gasteiger partial charge in [0.2, 0.25) is 5.91 Å². The number of benzene rings is 1. The Hall–Kier alpha value is -2.58. The van der Waals surface area contributed by atoms with Gasteiger partial charge in [-0.2, -0.15) is 0 Å². The largest absolute Gasteiger partial charge is 0.493 e. The van der Waals surface area contributed by atoms with Crippen molar-refractivity contribution in [3.63, 3.8) is 0 Å². The summed E-state index contributed by atoms with van der Waals surface area (Å²) >= 11 is 0. The first-order valence-electron chi connectivity index (χ1n) is 10.4. The first kappa shape index (κ1) is 20.7. The van der Waals surface area contributed by atoms with Crippen LogP contribution in [0.5, 0.6) is 11.5 Å².